The summed E-state index contributed by atoms with van der Waals surface area (Å²) in [6.07, 6.45) is 1.61. The number of halogens is 1. The Kier molecular flexibility index (Phi) is 6.76. The molecule has 8 nitrogen and oxygen atoms in total. The van der Waals surface area contributed by atoms with E-state index in [1.54, 1.807) is 68.5 Å². The number of hydrazone groups is 1. The van der Waals surface area contributed by atoms with Crippen LogP contribution in [0.25, 0.3) is 6.08 Å². The third-order valence-electron chi connectivity index (χ3n) is 6.99. The van der Waals surface area contributed by atoms with Gasteiger partial charge in [-0.2, -0.15) is 10.1 Å². The molecule has 0 fully saturated rings. The Morgan fingerprint density at radius 1 is 0.951 bits per heavy atom. The number of carbonyl (C=O) groups is 2. The van der Waals surface area contributed by atoms with E-state index in [0.717, 1.165) is 11.3 Å². The monoisotopic (exact) mass is 565 g/mol. The molecule has 1 N–H and O–H groups in total. The molecule has 2 aliphatic heterocycles. The van der Waals surface area contributed by atoms with Gasteiger partial charge in [0.1, 0.15) is 11.7 Å². The van der Waals surface area contributed by atoms with Crippen molar-refractivity contribution in [1.82, 2.24) is 4.57 Å². The predicted molar refractivity (Wildman–Crippen MR) is 157 cm³/mol. The molecule has 2 amide bonds. The highest BCUT2D eigenvalue weighted by molar-refractivity contribution is 7.07. The van der Waals surface area contributed by atoms with Crippen molar-refractivity contribution in [1.29, 1.82) is 0 Å². The van der Waals surface area contributed by atoms with E-state index in [4.69, 9.17) is 0 Å². The van der Waals surface area contributed by atoms with Crippen LogP contribution in [0.4, 0.5) is 15.8 Å². The second-order valence-electron chi connectivity index (χ2n) is 9.68. The molecule has 0 saturated heterocycles. The Bertz CT molecular complexity index is 1910. The molecule has 4 aromatic rings. The van der Waals surface area contributed by atoms with Gasteiger partial charge in [-0.15, -0.1) is 0 Å². The summed E-state index contributed by atoms with van der Waals surface area (Å²) in [6, 6.07) is 22.9. The number of aromatic nitrogens is 1. The van der Waals surface area contributed by atoms with Gasteiger partial charge in [-0.3, -0.25) is 19.0 Å². The number of nitrogens with one attached hydrogen (secondary N) is 1. The number of hydrogen-bond donors (Lipinski definition) is 1. The van der Waals surface area contributed by atoms with Gasteiger partial charge in [0.15, 0.2) is 4.80 Å². The third kappa shape index (κ3) is 4.82. The molecule has 0 bridgehead atoms. The average Bonchev–Trinajstić information content (AvgIpc) is 3.43. The number of amides is 2. The number of para-hydroxylation sites is 2. The van der Waals surface area contributed by atoms with Crippen molar-refractivity contribution in [2.24, 2.45) is 16.0 Å². The van der Waals surface area contributed by atoms with Crippen LogP contribution in [0.1, 0.15) is 25.5 Å². The Morgan fingerprint density at radius 3 is 2.29 bits per heavy atom. The summed E-state index contributed by atoms with van der Waals surface area (Å²) in [5, 5.41) is 8.65. The van der Waals surface area contributed by atoms with Crippen LogP contribution < -0.4 is 25.2 Å². The summed E-state index contributed by atoms with van der Waals surface area (Å²) in [5.41, 5.74) is 2.63. The highest BCUT2D eigenvalue weighted by atomic mass is 32.1. The molecule has 1 aromatic heterocycles. The van der Waals surface area contributed by atoms with Crippen molar-refractivity contribution >= 4 is 46.3 Å². The first-order valence-corrected chi connectivity index (χ1v) is 13.7. The van der Waals surface area contributed by atoms with Gasteiger partial charge in [-0.05, 0) is 61.9 Å². The van der Waals surface area contributed by atoms with Crippen molar-refractivity contribution in [3.05, 3.63) is 127 Å². The number of allylic oxidation sites excluding steroid dienone is 1. The normalized spacial score (nSPS) is 18.7. The summed E-state index contributed by atoms with van der Waals surface area (Å²) in [5.74, 6) is -1.86. The van der Waals surface area contributed by atoms with Crippen LogP contribution in [-0.2, 0) is 9.59 Å². The summed E-state index contributed by atoms with van der Waals surface area (Å²) in [4.78, 5) is 45.9. The van der Waals surface area contributed by atoms with Gasteiger partial charge in [-0.25, -0.2) is 9.38 Å². The first kappa shape index (κ1) is 26.3. The zero-order valence-electron chi connectivity index (χ0n) is 22.1. The quantitative estimate of drug-likeness (QED) is 0.396. The number of hydrogen-bond acceptors (Lipinski definition) is 6. The SMILES string of the molecule is CC1=NN(c2ccccc2)C(=O)[C@@H]1/C=c1/sc2n(c1=O)[C@H](c1ccc(F)cc1)C(C(=O)Nc1ccccc1)=C(C)N=2. The van der Waals surface area contributed by atoms with Crippen molar-refractivity contribution in [2.75, 3.05) is 10.3 Å². The molecule has 0 saturated carbocycles. The van der Waals surface area contributed by atoms with E-state index in [2.05, 4.69) is 15.4 Å². The molecule has 0 unspecified atom stereocenters. The Morgan fingerprint density at radius 2 is 1.61 bits per heavy atom. The van der Waals surface area contributed by atoms with Crippen molar-refractivity contribution in [3.63, 3.8) is 0 Å². The Labute approximate surface area is 238 Å². The molecule has 2 aliphatic rings. The van der Waals surface area contributed by atoms with E-state index in [-0.39, 0.29) is 11.5 Å². The molecule has 0 spiro atoms. The molecule has 6 rings (SSSR count). The Balaban J connectivity index is 1.44. The lowest BCUT2D eigenvalue weighted by molar-refractivity contribution is -0.118. The standard InChI is InChI=1S/C31H24FN5O3S/c1-18-24(29(39)37(35-18)23-11-7-4-8-12-23)17-25-30(40)36-27(20-13-15-21(32)16-14-20)26(19(2)33-31(36)41-25)28(38)34-22-9-5-3-6-10-22/h3-17,24,27H,1-2H3,(H,34,38)/b25-17+/t24-,27-/m1/s1. The first-order valence-electron chi connectivity index (χ1n) is 12.9. The van der Waals surface area contributed by atoms with Gasteiger partial charge in [0.2, 0.25) is 0 Å². The number of carbonyl (C=O) groups excluding carboxylic acids is 2. The molecule has 3 heterocycles. The molecular formula is C31H24FN5O3S. The van der Waals surface area contributed by atoms with Crippen LogP contribution in [-0.4, -0.2) is 22.1 Å². The summed E-state index contributed by atoms with van der Waals surface area (Å²) in [7, 11) is 0. The lowest BCUT2D eigenvalue weighted by atomic mass is 9.95. The third-order valence-corrected chi connectivity index (χ3v) is 7.99. The van der Waals surface area contributed by atoms with E-state index >= 15 is 0 Å². The Hall–Kier alpha value is -4.96. The minimum atomic E-state index is -0.854. The van der Waals surface area contributed by atoms with Crippen molar-refractivity contribution < 1.29 is 14.0 Å². The maximum absolute atomic E-state index is 13.9. The number of benzene rings is 3. The van der Waals surface area contributed by atoms with Gasteiger partial charge in [-0.1, -0.05) is 59.9 Å². The number of rotatable bonds is 5. The minimum absolute atomic E-state index is 0.268. The molecule has 0 aliphatic carbocycles. The second kappa shape index (κ2) is 10.5. The number of thiazole rings is 1. The summed E-state index contributed by atoms with van der Waals surface area (Å²) in [6.45, 7) is 3.46. The average molecular weight is 566 g/mol. The van der Waals surface area contributed by atoms with E-state index < -0.39 is 29.2 Å². The molecular weight excluding hydrogens is 541 g/mol. The van der Waals surface area contributed by atoms with Crippen LogP contribution >= 0.6 is 11.3 Å². The summed E-state index contributed by atoms with van der Waals surface area (Å²) < 4.78 is 15.6. The minimum Gasteiger partial charge on any atom is -0.322 e. The van der Waals surface area contributed by atoms with Gasteiger partial charge in [0.25, 0.3) is 17.4 Å². The molecule has 10 heteroatoms. The molecule has 2 atom stereocenters. The first-order chi connectivity index (χ1) is 19.8. The van der Waals surface area contributed by atoms with Crippen LogP contribution in [0.2, 0.25) is 0 Å². The van der Waals surface area contributed by atoms with Gasteiger partial charge in [0.05, 0.1) is 33.2 Å². The van der Waals surface area contributed by atoms with E-state index in [1.807, 2.05) is 24.3 Å². The lowest BCUT2D eigenvalue weighted by Crippen LogP contribution is -2.41. The van der Waals surface area contributed by atoms with Gasteiger partial charge < -0.3 is 5.32 Å². The predicted octanol–water partition coefficient (Wildman–Crippen LogP) is 4.00. The fourth-order valence-corrected chi connectivity index (χ4v) is 6.04. The number of fused-ring (bicyclic) bond motifs is 1. The van der Waals surface area contributed by atoms with Crippen molar-refractivity contribution in [2.45, 2.75) is 19.9 Å². The van der Waals surface area contributed by atoms with Gasteiger partial charge >= 0.3 is 0 Å². The van der Waals surface area contributed by atoms with E-state index in [0.29, 0.717) is 37.7 Å². The number of anilines is 2. The van der Waals surface area contributed by atoms with Crippen LogP contribution in [0.5, 0.6) is 0 Å². The highest BCUT2D eigenvalue weighted by Crippen LogP contribution is 2.31. The van der Waals surface area contributed by atoms with Crippen LogP contribution in [0, 0.1) is 11.7 Å². The van der Waals surface area contributed by atoms with Crippen molar-refractivity contribution in [3.8, 4) is 0 Å². The maximum Gasteiger partial charge on any atom is 0.270 e. The van der Waals surface area contributed by atoms with E-state index in [1.165, 1.54) is 21.7 Å². The fraction of sp³-hybridized carbons (Fsp3) is 0.129. The van der Waals surface area contributed by atoms with E-state index in [9.17, 15) is 18.8 Å². The molecule has 0 radical (unpaired) electrons. The molecule has 3 aromatic carbocycles. The smallest absolute Gasteiger partial charge is 0.270 e. The molecule has 204 valence electrons. The zero-order valence-corrected chi connectivity index (χ0v) is 22.9. The lowest BCUT2D eigenvalue weighted by Gasteiger charge is -2.25. The number of nitrogens with zero attached hydrogens (tertiary/aromatic N) is 4. The van der Waals surface area contributed by atoms with Crippen LogP contribution in [0.15, 0.2) is 111 Å². The highest BCUT2D eigenvalue weighted by Gasteiger charge is 2.35. The topological polar surface area (TPSA) is 96.1 Å². The summed E-state index contributed by atoms with van der Waals surface area (Å²) >= 11 is 1.14. The second-order valence-corrected chi connectivity index (χ2v) is 10.7. The zero-order chi connectivity index (χ0) is 28.7. The van der Waals surface area contributed by atoms with Gasteiger partial charge in [0, 0.05) is 5.69 Å². The maximum atomic E-state index is 13.9. The largest absolute Gasteiger partial charge is 0.322 e. The molecule has 41 heavy (non-hydrogen) atoms. The fourth-order valence-electron chi connectivity index (χ4n) is 4.98. The van der Waals surface area contributed by atoms with Crippen LogP contribution in [0.3, 0.4) is 0 Å².